The highest BCUT2D eigenvalue weighted by atomic mass is 28.3. The van der Waals surface area contributed by atoms with Crippen molar-refractivity contribution in [2.45, 2.75) is 64.6 Å². The molecule has 1 N–H and O–H groups in total. The molecule has 0 radical (unpaired) electrons. The highest BCUT2D eigenvalue weighted by molar-refractivity contribution is 6.76. The summed E-state index contributed by atoms with van der Waals surface area (Å²) in [6.45, 7) is 13.8. The topological polar surface area (TPSA) is 67.6 Å². The van der Waals surface area contributed by atoms with Crippen molar-refractivity contribution in [3.8, 4) is 11.3 Å². The van der Waals surface area contributed by atoms with Crippen LogP contribution in [0.3, 0.4) is 0 Å². The molecule has 176 valence electrons. The van der Waals surface area contributed by atoms with Gasteiger partial charge in [-0.25, -0.2) is 14.2 Å². The van der Waals surface area contributed by atoms with Gasteiger partial charge < -0.3 is 14.4 Å². The summed E-state index contributed by atoms with van der Waals surface area (Å²) in [6.07, 6.45) is 4.31. The zero-order valence-electron chi connectivity index (χ0n) is 19.7. The molecular weight excluding hydrogens is 425 g/mol. The standard InChI is InChI=1S/C24H36FN3O3Si/c1-6-8-14-27(24(29)30)21(11-7-2)23-26-17-22(19-12-9-10-13-20(19)25)28(23)18-31-15-16-32(3,4)5/h7,9-10,12-13,17,21H,2,6,8,11,14-16,18H2,1,3-5H3,(H,29,30). The lowest BCUT2D eigenvalue weighted by Crippen LogP contribution is -2.36. The van der Waals surface area contributed by atoms with Gasteiger partial charge in [-0.1, -0.05) is 51.2 Å². The van der Waals surface area contributed by atoms with Crippen molar-refractivity contribution in [1.29, 1.82) is 0 Å². The molecule has 1 aromatic carbocycles. The van der Waals surface area contributed by atoms with Crippen LogP contribution in [0.4, 0.5) is 9.18 Å². The van der Waals surface area contributed by atoms with Crippen LogP contribution in [0.25, 0.3) is 11.3 Å². The van der Waals surface area contributed by atoms with Gasteiger partial charge in [-0.2, -0.15) is 0 Å². The Morgan fingerprint density at radius 2 is 2.09 bits per heavy atom. The van der Waals surface area contributed by atoms with Gasteiger partial charge in [-0.15, -0.1) is 6.58 Å². The lowest BCUT2D eigenvalue weighted by atomic mass is 10.1. The minimum Gasteiger partial charge on any atom is -0.465 e. The Kier molecular flexibility index (Phi) is 9.65. The van der Waals surface area contributed by atoms with Crippen LogP contribution in [0, 0.1) is 5.82 Å². The number of carboxylic acid groups (broad SMARTS) is 1. The number of carbonyl (C=O) groups is 1. The van der Waals surface area contributed by atoms with Gasteiger partial charge in [0, 0.05) is 26.8 Å². The molecule has 1 aromatic heterocycles. The SMILES string of the molecule is C=CCC(c1ncc(-c2ccccc2F)n1COCC[Si](C)(C)C)N(CCCC)C(=O)O. The lowest BCUT2D eigenvalue weighted by molar-refractivity contribution is 0.0785. The summed E-state index contributed by atoms with van der Waals surface area (Å²) in [5.74, 6) is 0.179. The third kappa shape index (κ3) is 7.03. The molecule has 0 saturated heterocycles. The van der Waals surface area contributed by atoms with Crippen molar-refractivity contribution >= 4 is 14.2 Å². The van der Waals surface area contributed by atoms with E-state index < -0.39 is 20.2 Å². The van der Waals surface area contributed by atoms with Crippen LogP contribution in [-0.2, 0) is 11.5 Å². The van der Waals surface area contributed by atoms with Gasteiger partial charge in [-0.05, 0) is 31.0 Å². The summed E-state index contributed by atoms with van der Waals surface area (Å²) in [7, 11) is -1.27. The van der Waals surface area contributed by atoms with Crippen molar-refractivity contribution in [3.05, 3.63) is 54.8 Å². The first-order valence-corrected chi connectivity index (χ1v) is 14.9. The molecule has 0 saturated carbocycles. The number of ether oxygens (including phenoxy) is 1. The van der Waals surface area contributed by atoms with Gasteiger partial charge in [0.05, 0.1) is 17.9 Å². The molecule has 0 bridgehead atoms. The Hall–Kier alpha value is -2.45. The zero-order valence-corrected chi connectivity index (χ0v) is 20.7. The molecule has 32 heavy (non-hydrogen) atoms. The summed E-state index contributed by atoms with van der Waals surface area (Å²) in [5.41, 5.74) is 0.980. The fourth-order valence-corrected chi connectivity index (χ4v) is 4.21. The predicted molar refractivity (Wildman–Crippen MR) is 129 cm³/mol. The minimum absolute atomic E-state index is 0.179. The van der Waals surface area contributed by atoms with E-state index in [0.29, 0.717) is 36.7 Å². The quantitative estimate of drug-likeness (QED) is 0.213. The first-order valence-electron chi connectivity index (χ1n) is 11.2. The maximum Gasteiger partial charge on any atom is 0.407 e. The van der Waals surface area contributed by atoms with E-state index in [0.717, 1.165) is 18.9 Å². The predicted octanol–water partition coefficient (Wildman–Crippen LogP) is 6.40. The summed E-state index contributed by atoms with van der Waals surface area (Å²) in [4.78, 5) is 18.0. The highest BCUT2D eigenvalue weighted by Gasteiger charge is 2.29. The number of aromatic nitrogens is 2. The van der Waals surface area contributed by atoms with E-state index in [2.05, 4.69) is 31.2 Å². The molecular formula is C24H36FN3O3Si. The van der Waals surface area contributed by atoms with E-state index in [4.69, 9.17) is 4.74 Å². The molecule has 0 aliphatic rings. The molecule has 1 atom stereocenters. The Morgan fingerprint density at radius 3 is 2.69 bits per heavy atom. The maximum absolute atomic E-state index is 14.6. The van der Waals surface area contributed by atoms with E-state index in [1.165, 1.54) is 11.0 Å². The largest absolute Gasteiger partial charge is 0.465 e. The van der Waals surface area contributed by atoms with E-state index in [1.807, 2.05) is 6.92 Å². The van der Waals surface area contributed by atoms with Gasteiger partial charge in [0.2, 0.25) is 0 Å². The smallest absolute Gasteiger partial charge is 0.407 e. The first kappa shape index (κ1) is 25.8. The summed E-state index contributed by atoms with van der Waals surface area (Å²) >= 11 is 0. The van der Waals surface area contributed by atoms with Crippen LogP contribution in [0.2, 0.25) is 25.7 Å². The van der Waals surface area contributed by atoms with Crippen LogP contribution < -0.4 is 0 Å². The van der Waals surface area contributed by atoms with Crippen molar-refractivity contribution in [2.24, 2.45) is 0 Å². The van der Waals surface area contributed by atoms with E-state index >= 15 is 0 Å². The van der Waals surface area contributed by atoms with Crippen molar-refractivity contribution < 1.29 is 19.0 Å². The summed E-state index contributed by atoms with van der Waals surface area (Å²) < 4.78 is 22.4. The highest BCUT2D eigenvalue weighted by Crippen LogP contribution is 2.31. The van der Waals surface area contributed by atoms with Gasteiger partial charge in [0.25, 0.3) is 0 Å². The van der Waals surface area contributed by atoms with Crippen molar-refractivity contribution in [3.63, 3.8) is 0 Å². The molecule has 0 spiro atoms. The number of halogens is 1. The van der Waals surface area contributed by atoms with Crippen LogP contribution in [0.15, 0.2) is 43.1 Å². The third-order valence-corrected chi connectivity index (χ3v) is 7.02. The second-order valence-electron chi connectivity index (χ2n) is 9.13. The molecule has 0 fully saturated rings. The Morgan fingerprint density at radius 1 is 1.38 bits per heavy atom. The van der Waals surface area contributed by atoms with Crippen LogP contribution in [0.5, 0.6) is 0 Å². The van der Waals surface area contributed by atoms with Gasteiger partial charge in [-0.3, -0.25) is 4.90 Å². The number of hydrogen-bond donors (Lipinski definition) is 1. The molecule has 0 aliphatic heterocycles. The molecule has 0 aliphatic carbocycles. The Bertz CT molecular complexity index is 895. The Balaban J connectivity index is 2.47. The molecule has 1 heterocycles. The van der Waals surface area contributed by atoms with Gasteiger partial charge in [0.15, 0.2) is 0 Å². The van der Waals surface area contributed by atoms with Crippen LogP contribution in [0.1, 0.15) is 38.1 Å². The molecule has 2 aromatic rings. The van der Waals surface area contributed by atoms with Crippen LogP contribution in [-0.4, -0.2) is 46.9 Å². The maximum atomic E-state index is 14.6. The third-order valence-electron chi connectivity index (χ3n) is 5.32. The zero-order chi connectivity index (χ0) is 23.7. The van der Waals surface area contributed by atoms with E-state index in [-0.39, 0.29) is 12.5 Å². The van der Waals surface area contributed by atoms with E-state index in [9.17, 15) is 14.3 Å². The number of hydrogen-bond acceptors (Lipinski definition) is 3. The average Bonchev–Trinajstić information content (AvgIpc) is 3.13. The lowest BCUT2D eigenvalue weighted by Gasteiger charge is -2.29. The molecule has 1 amide bonds. The number of benzene rings is 1. The van der Waals surface area contributed by atoms with Crippen molar-refractivity contribution in [2.75, 3.05) is 13.2 Å². The fraction of sp³-hybridized carbons (Fsp3) is 0.500. The van der Waals surface area contributed by atoms with Crippen LogP contribution >= 0.6 is 0 Å². The van der Waals surface area contributed by atoms with E-state index in [1.54, 1.807) is 35.0 Å². The summed E-state index contributed by atoms with van der Waals surface area (Å²) in [6, 6.07) is 6.99. The Labute approximate surface area is 191 Å². The van der Waals surface area contributed by atoms with Gasteiger partial charge >= 0.3 is 6.09 Å². The molecule has 6 nitrogen and oxygen atoms in total. The van der Waals surface area contributed by atoms with Gasteiger partial charge in [0.1, 0.15) is 18.4 Å². The second kappa shape index (κ2) is 12.0. The average molecular weight is 462 g/mol. The first-order chi connectivity index (χ1) is 15.2. The minimum atomic E-state index is -1.27. The molecule has 1 unspecified atom stereocenters. The fourth-order valence-electron chi connectivity index (χ4n) is 3.45. The second-order valence-corrected chi connectivity index (χ2v) is 14.7. The monoisotopic (exact) mass is 461 g/mol. The van der Waals surface area contributed by atoms with Crippen molar-refractivity contribution in [1.82, 2.24) is 14.5 Å². The number of nitrogens with zero attached hydrogens (tertiary/aromatic N) is 3. The normalized spacial score (nSPS) is 12.5. The number of rotatable bonds is 13. The summed E-state index contributed by atoms with van der Waals surface area (Å²) in [5, 5.41) is 9.89. The molecule has 2 rings (SSSR count). The molecule has 8 heteroatoms. The number of unbranched alkanes of at least 4 members (excludes halogenated alkanes) is 1. The number of imidazole rings is 1. The number of amides is 1.